The van der Waals surface area contributed by atoms with Crippen LogP contribution in [0.2, 0.25) is 0 Å². The molecule has 1 saturated heterocycles. The van der Waals surface area contributed by atoms with Crippen molar-refractivity contribution in [2.75, 3.05) is 13.0 Å². The second kappa shape index (κ2) is 9.38. The lowest BCUT2D eigenvalue weighted by Gasteiger charge is -2.46. The Bertz CT molecular complexity index is 1390. The van der Waals surface area contributed by atoms with Crippen molar-refractivity contribution < 1.29 is 29.0 Å². The van der Waals surface area contributed by atoms with E-state index in [4.69, 9.17) is 9.47 Å². The molecule has 2 aromatic heterocycles. The van der Waals surface area contributed by atoms with E-state index in [-0.39, 0.29) is 23.6 Å². The van der Waals surface area contributed by atoms with Gasteiger partial charge in [-0.15, -0.1) is 23.1 Å². The number of esters is 2. The SMILES string of the molecule is CSc1ncn2cc(C3=C(C(=O)OCOC(=O)c4ccc(C)cc4)N4C(=O)[C@H]([C@@H](C)O)[C@H]4[C@H]3C)sc12. The number of thioether (sulfide) groups is 1. The van der Waals surface area contributed by atoms with Crippen molar-refractivity contribution >= 4 is 51.3 Å². The van der Waals surface area contributed by atoms with Crippen molar-refractivity contribution in [3.05, 3.63) is 58.5 Å². The number of benzene rings is 1. The number of carbonyl (C=O) groups excluding carboxylic acids is 3. The predicted octanol–water partition coefficient (Wildman–Crippen LogP) is 3.35. The van der Waals surface area contributed by atoms with Crippen LogP contribution in [-0.4, -0.2) is 62.4 Å². The maximum Gasteiger partial charge on any atom is 0.358 e. The molecule has 188 valence electrons. The maximum absolute atomic E-state index is 13.3. The lowest BCUT2D eigenvalue weighted by Crippen LogP contribution is -2.63. The summed E-state index contributed by atoms with van der Waals surface area (Å²) >= 11 is 3.00. The topological polar surface area (TPSA) is 110 Å². The molecule has 2 aliphatic heterocycles. The molecule has 1 amide bonds. The fourth-order valence-electron chi connectivity index (χ4n) is 4.90. The Labute approximate surface area is 215 Å². The van der Waals surface area contributed by atoms with Gasteiger partial charge in [-0.25, -0.2) is 14.6 Å². The molecule has 36 heavy (non-hydrogen) atoms. The highest BCUT2D eigenvalue weighted by molar-refractivity contribution is 7.98. The molecule has 0 saturated carbocycles. The van der Waals surface area contributed by atoms with Crippen LogP contribution < -0.4 is 0 Å². The summed E-state index contributed by atoms with van der Waals surface area (Å²) in [5, 5.41) is 11.1. The van der Waals surface area contributed by atoms with Crippen molar-refractivity contribution in [2.24, 2.45) is 11.8 Å². The van der Waals surface area contributed by atoms with Gasteiger partial charge in [0.1, 0.15) is 21.9 Å². The number of aryl methyl sites for hydroxylation is 1. The lowest BCUT2D eigenvalue weighted by molar-refractivity contribution is -0.166. The van der Waals surface area contributed by atoms with Crippen LogP contribution in [0.5, 0.6) is 0 Å². The summed E-state index contributed by atoms with van der Waals surface area (Å²) in [5.74, 6) is -2.51. The summed E-state index contributed by atoms with van der Waals surface area (Å²) in [4.78, 5) is 46.1. The van der Waals surface area contributed by atoms with Gasteiger partial charge in [0.25, 0.3) is 0 Å². The maximum atomic E-state index is 13.3. The number of amides is 1. The molecule has 0 unspecified atom stereocenters. The number of carbonyl (C=O) groups is 3. The van der Waals surface area contributed by atoms with E-state index in [9.17, 15) is 19.5 Å². The molecule has 2 aliphatic rings. The number of thiazole rings is 1. The standard InChI is InChI=1S/C25H25N3O6S2/c1-12-5-7-15(8-6-12)24(31)33-11-34-25(32)20-17(13(2)19-18(14(3)29)22(30)28(19)20)16-9-27-10-26-21(35-4)23(27)36-16/h5-10,13-14,18-19,29H,11H2,1-4H3/t13-,14+,18+,19+/m0/s1. The number of β-lactam (4-membered cyclic amide) rings is 1. The fraction of sp³-hybridized carbons (Fsp3) is 0.360. The Balaban J connectivity index is 1.42. The predicted molar refractivity (Wildman–Crippen MR) is 134 cm³/mol. The molecule has 3 aromatic rings. The summed E-state index contributed by atoms with van der Waals surface area (Å²) < 4.78 is 12.4. The Hall–Kier alpha value is -3.15. The molecular formula is C25H25N3O6S2. The van der Waals surface area contributed by atoms with E-state index in [1.807, 2.05) is 30.7 Å². The number of ether oxygens (including phenoxy) is 2. The van der Waals surface area contributed by atoms with E-state index in [0.29, 0.717) is 11.1 Å². The van der Waals surface area contributed by atoms with Crippen molar-refractivity contribution in [3.8, 4) is 0 Å². The van der Waals surface area contributed by atoms with E-state index >= 15 is 0 Å². The molecular weight excluding hydrogens is 502 g/mol. The Morgan fingerprint density at radius 3 is 2.58 bits per heavy atom. The molecule has 0 bridgehead atoms. The number of hydrogen-bond donors (Lipinski definition) is 1. The zero-order chi connectivity index (χ0) is 25.7. The van der Waals surface area contributed by atoms with E-state index in [0.717, 1.165) is 20.3 Å². The molecule has 1 fully saturated rings. The number of aliphatic hydroxyl groups is 1. The molecule has 5 rings (SSSR count). The zero-order valence-electron chi connectivity index (χ0n) is 20.1. The minimum absolute atomic E-state index is 0.129. The molecule has 0 aliphatic carbocycles. The Morgan fingerprint density at radius 1 is 1.22 bits per heavy atom. The molecule has 0 radical (unpaired) electrons. The van der Waals surface area contributed by atoms with Crippen LogP contribution in [0.15, 0.2) is 47.5 Å². The summed E-state index contributed by atoms with van der Waals surface area (Å²) in [7, 11) is 0. The summed E-state index contributed by atoms with van der Waals surface area (Å²) in [6, 6.07) is 6.48. The Morgan fingerprint density at radius 2 is 1.92 bits per heavy atom. The average molecular weight is 528 g/mol. The van der Waals surface area contributed by atoms with Gasteiger partial charge in [0.05, 0.1) is 28.5 Å². The van der Waals surface area contributed by atoms with E-state index < -0.39 is 30.8 Å². The Kier molecular flexibility index (Phi) is 6.39. The van der Waals surface area contributed by atoms with Crippen molar-refractivity contribution in [2.45, 2.75) is 37.9 Å². The number of aliphatic hydroxyl groups excluding tert-OH is 1. The fourth-order valence-corrected chi connectivity index (χ4v) is 6.82. The normalized spacial score (nSPS) is 22.0. The number of hydrogen-bond acceptors (Lipinski definition) is 9. The summed E-state index contributed by atoms with van der Waals surface area (Å²) in [6.07, 6.45) is 4.69. The first-order chi connectivity index (χ1) is 17.2. The molecule has 1 N–H and O–H groups in total. The lowest BCUT2D eigenvalue weighted by atomic mass is 9.77. The molecule has 9 nitrogen and oxygen atoms in total. The van der Waals surface area contributed by atoms with Gasteiger partial charge in [0, 0.05) is 17.7 Å². The highest BCUT2D eigenvalue weighted by atomic mass is 32.2. The molecule has 4 atom stereocenters. The minimum atomic E-state index is -0.848. The number of fused-ring (bicyclic) bond motifs is 2. The molecule has 1 aromatic carbocycles. The van der Waals surface area contributed by atoms with Gasteiger partial charge in [-0.05, 0) is 32.2 Å². The van der Waals surface area contributed by atoms with E-state index in [2.05, 4.69) is 4.98 Å². The molecule has 4 heterocycles. The first kappa shape index (κ1) is 24.5. The van der Waals surface area contributed by atoms with Gasteiger partial charge in [-0.1, -0.05) is 24.6 Å². The highest BCUT2D eigenvalue weighted by Gasteiger charge is 2.60. The van der Waals surface area contributed by atoms with Crippen LogP contribution in [0, 0.1) is 18.8 Å². The van der Waals surface area contributed by atoms with Crippen molar-refractivity contribution in [1.29, 1.82) is 0 Å². The van der Waals surface area contributed by atoms with Gasteiger partial charge >= 0.3 is 11.9 Å². The first-order valence-electron chi connectivity index (χ1n) is 11.4. The van der Waals surface area contributed by atoms with Crippen LogP contribution in [0.4, 0.5) is 0 Å². The van der Waals surface area contributed by atoms with Gasteiger partial charge < -0.3 is 19.5 Å². The van der Waals surface area contributed by atoms with Crippen LogP contribution in [0.3, 0.4) is 0 Å². The average Bonchev–Trinajstić information content (AvgIpc) is 3.48. The zero-order valence-corrected chi connectivity index (χ0v) is 21.8. The van der Waals surface area contributed by atoms with Crippen LogP contribution >= 0.6 is 23.1 Å². The number of rotatable bonds is 7. The van der Waals surface area contributed by atoms with Crippen LogP contribution in [0.25, 0.3) is 10.4 Å². The van der Waals surface area contributed by atoms with E-state index in [1.54, 1.807) is 37.5 Å². The van der Waals surface area contributed by atoms with Gasteiger partial charge in [0.15, 0.2) is 0 Å². The second-order valence-corrected chi connectivity index (χ2v) is 10.8. The van der Waals surface area contributed by atoms with Gasteiger partial charge in [-0.3, -0.25) is 9.20 Å². The minimum Gasteiger partial charge on any atom is -0.424 e. The number of imidazole rings is 1. The third-order valence-corrected chi connectivity index (χ3v) is 8.63. The number of nitrogens with zero attached hydrogens (tertiary/aromatic N) is 3. The third-order valence-electron chi connectivity index (χ3n) is 6.67. The van der Waals surface area contributed by atoms with Gasteiger partial charge in [-0.2, -0.15) is 0 Å². The second-order valence-electron chi connectivity index (χ2n) is 8.93. The van der Waals surface area contributed by atoms with Crippen molar-refractivity contribution in [1.82, 2.24) is 14.3 Å². The molecule has 11 heteroatoms. The van der Waals surface area contributed by atoms with Crippen molar-refractivity contribution in [3.63, 3.8) is 0 Å². The smallest absolute Gasteiger partial charge is 0.358 e. The largest absolute Gasteiger partial charge is 0.424 e. The summed E-state index contributed by atoms with van der Waals surface area (Å²) in [6.45, 7) is 4.84. The van der Waals surface area contributed by atoms with E-state index in [1.165, 1.54) is 28.0 Å². The van der Waals surface area contributed by atoms with Gasteiger partial charge in [0.2, 0.25) is 12.7 Å². The van der Waals surface area contributed by atoms with Crippen LogP contribution in [0.1, 0.15) is 34.6 Å². The molecule has 0 spiro atoms. The van der Waals surface area contributed by atoms with Crippen LogP contribution in [-0.2, 0) is 19.1 Å². The number of aromatic nitrogens is 2. The quantitative estimate of drug-likeness (QED) is 0.216. The third kappa shape index (κ3) is 3.91. The monoisotopic (exact) mass is 527 g/mol. The summed E-state index contributed by atoms with van der Waals surface area (Å²) in [5.41, 5.74) is 2.15. The first-order valence-corrected chi connectivity index (χ1v) is 13.4. The highest BCUT2D eigenvalue weighted by Crippen LogP contribution is 2.52.